The highest BCUT2D eigenvalue weighted by Gasteiger charge is 2.31. The minimum Gasteiger partial charge on any atom is -0.352 e. The van der Waals surface area contributed by atoms with Gasteiger partial charge in [0.15, 0.2) is 11.6 Å². The summed E-state index contributed by atoms with van der Waals surface area (Å²) in [6.45, 7) is 1.15. The Morgan fingerprint density at radius 3 is 2.40 bits per heavy atom. The molecule has 0 atom stereocenters. The second kappa shape index (κ2) is 8.95. The van der Waals surface area contributed by atoms with Crippen molar-refractivity contribution in [2.75, 3.05) is 13.1 Å². The van der Waals surface area contributed by atoms with Crippen LogP contribution in [0.3, 0.4) is 0 Å². The van der Waals surface area contributed by atoms with Crippen molar-refractivity contribution in [2.24, 2.45) is 0 Å². The number of benzene rings is 1. The summed E-state index contributed by atoms with van der Waals surface area (Å²) in [5.74, 6) is -2.35. The number of hydrogen-bond acceptors (Lipinski definition) is 3. The van der Waals surface area contributed by atoms with E-state index in [1.54, 1.807) is 0 Å². The summed E-state index contributed by atoms with van der Waals surface area (Å²) < 4.78 is 65.4. The first-order valence-corrected chi connectivity index (χ1v) is 9.35. The SMILES string of the molecule is O=C(Cn1cc(C(F)(F)F)ccc1=O)NC1CCN(Cc2ccc(F)c(F)c2)CC1. The summed E-state index contributed by atoms with van der Waals surface area (Å²) in [7, 11) is 0. The zero-order chi connectivity index (χ0) is 21.9. The van der Waals surface area contributed by atoms with Gasteiger partial charge < -0.3 is 9.88 Å². The first kappa shape index (κ1) is 21.9. The van der Waals surface area contributed by atoms with Gasteiger partial charge in [0.1, 0.15) is 6.54 Å². The molecule has 0 spiro atoms. The van der Waals surface area contributed by atoms with E-state index < -0.39 is 41.4 Å². The minimum atomic E-state index is -4.60. The average Bonchev–Trinajstić information content (AvgIpc) is 2.67. The van der Waals surface area contributed by atoms with Gasteiger partial charge in [0.2, 0.25) is 5.91 Å². The molecule has 1 amide bonds. The first-order valence-electron chi connectivity index (χ1n) is 9.35. The molecule has 1 aliphatic heterocycles. The minimum absolute atomic E-state index is 0.180. The van der Waals surface area contributed by atoms with Gasteiger partial charge in [-0.25, -0.2) is 8.78 Å². The van der Waals surface area contributed by atoms with Crippen LogP contribution in [0.5, 0.6) is 0 Å². The van der Waals surface area contributed by atoms with E-state index in [1.165, 1.54) is 6.07 Å². The van der Waals surface area contributed by atoms with Gasteiger partial charge in [-0.3, -0.25) is 14.5 Å². The van der Waals surface area contributed by atoms with E-state index in [1.807, 2.05) is 4.90 Å². The van der Waals surface area contributed by atoms with Gasteiger partial charge in [0, 0.05) is 37.9 Å². The Bertz CT molecular complexity index is 966. The molecule has 1 aliphatic rings. The summed E-state index contributed by atoms with van der Waals surface area (Å²) >= 11 is 0. The summed E-state index contributed by atoms with van der Waals surface area (Å²) in [4.78, 5) is 26.0. The van der Waals surface area contributed by atoms with E-state index >= 15 is 0 Å². The van der Waals surface area contributed by atoms with E-state index in [0.29, 0.717) is 50.3 Å². The number of halogens is 5. The molecular formula is C20H20F5N3O2. The Morgan fingerprint density at radius 2 is 1.77 bits per heavy atom. The van der Waals surface area contributed by atoms with Gasteiger partial charge in [0.25, 0.3) is 5.56 Å². The Balaban J connectivity index is 1.51. The second-order valence-corrected chi connectivity index (χ2v) is 7.25. The number of aromatic nitrogens is 1. The summed E-state index contributed by atoms with van der Waals surface area (Å²) in [6, 6.07) is 5.02. The topological polar surface area (TPSA) is 54.3 Å². The van der Waals surface area contributed by atoms with Gasteiger partial charge in [-0.2, -0.15) is 13.2 Å². The van der Waals surface area contributed by atoms with Crippen LogP contribution in [0.2, 0.25) is 0 Å². The maximum atomic E-state index is 13.3. The first-order chi connectivity index (χ1) is 14.1. The lowest BCUT2D eigenvalue weighted by atomic mass is 10.0. The molecule has 0 radical (unpaired) electrons. The fraction of sp³-hybridized carbons (Fsp3) is 0.400. The van der Waals surface area contributed by atoms with Crippen molar-refractivity contribution in [2.45, 2.75) is 38.1 Å². The summed E-state index contributed by atoms with van der Waals surface area (Å²) in [5.41, 5.74) is -1.06. The molecule has 30 heavy (non-hydrogen) atoms. The van der Waals surface area contributed by atoms with E-state index in [9.17, 15) is 31.5 Å². The number of pyridine rings is 1. The number of rotatable bonds is 5. The number of likely N-dealkylation sites (tertiary alicyclic amines) is 1. The molecule has 0 bridgehead atoms. The molecule has 5 nitrogen and oxygen atoms in total. The monoisotopic (exact) mass is 429 g/mol. The number of hydrogen-bond donors (Lipinski definition) is 1. The molecule has 1 N–H and O–H groups in total. The van der Waals surface area contributed by atoms with Gasteiger partial charge in [-0.15, -0.1) is 0 Å². The van der Waals surface area contributed by atoms with Crippen molar-refractivity contribution in [1.29, 1.82) is 0 Å². The van der Waals surface area contributed by atoms with Gasteiger partial charge in [-0.05, 0) is 36.6 Å². The van der Waals surface area contributed by atoms with Gasteiger partial charge >= 0.3 is 6.18 Å². The van der Waals surface area contributed by atoms with Crippen LogP contribution in [0.1, 0.15) is 24.0 Å². The third-order valence-corrected chi connectivity index (χ3v) is 4.97. The Morgan fingerprint density at radius 1 is 1.07 bits per heavy atom. The number of piperidine rings is 1. The van der Waals surface area contributed by atoms with Crippen LogP contribution in [0.4, 0.5) is 22.0 Å². The standard InChI is InChI=1S/C20H20F5N3O2/c21-16-3-1-13(9-17(16)22)10-27-7-5-15(6-8-27)26-18(29)12-28-11-14(20(23,24)25)2-4-19(28)30/h1-4,9,11,15H,5-8,10,12H2,(H,26,29). The molecule has 1 aromatic carbocycles. The zero-order valence-electron chi connectivity index (χ0n) is 15.9. The molecule has 0 aliphatic carbocycles. The van der Waals surface area contributed by atoms with Crippen LogP contribution >= 0.6 is 0 Å². The maximum Gasteiger partial charge on any atom is 0.417 e. The highest BCUT2D eigenvalue weighted by molar-refractivity contribution is 5.76. The molecule has 1 aromatic heterocycles. The molecule has 2 heterocycles. The van der Waals surface area contributed by atoms with E-state index in [4.69, 9.17) is 0 Å². The Hall–Kier alpha value is -2.75. The van der Waals surface area contributed by atoms with Crippen LogP contribution < -0.4 is 10.9 Å². The predicted molar refractivity (Wildman–Crippen MR) is 98.5 cm³/mol. The molecule has 1 saturated heterocycles. The van der Waals surface area contributed by atoms with Crippen LogP contribution in [0.25, 0.3) is 0 Å². The lowest BCUT2D eigenvalue weighted by molar-refractivity contribution is -0.138. The van der Waals surface area contributed by atoms with Crippen LogP contribution in [-0.4, -0.2) is 34.5 Å². The van der Waals surface area contributed by atoms with E-state index in [2.05, 4.69) is 5.32 Å². The van der Waals surface area contributed by atoms with Crippen molar-refractivity contribution in [3.05, 3.63) is 69.6 Å². The number of nitrogens with zero attached hydrogens (tertiary/aromatic N) is 2. The largest absolute Gasteiger partial charge is 0.417 e. The lowest BCUT2D eigenvalue weighted by Crippen LogP contribution is -2.45. The summed E-state index contributed by atoms with van der Waals surface area (Å²) in [6.07, 6.45) is -2.79. The number of carbonyl (C=O) groups is 1. The van der Waals surface area contributed by atoms with Crippen LogP contribution in [-0.2, 0) is 24.1 Å². The number of alkyl halides is 3. The highest BCUT2D eigenvalue weighted by Crippen LogP contribution is 2.28. The number of amides is 1. The fourth-order valence-corrected chi connectivity index (χ4v) is 3.38. The van der Waals surface area contributed by atoms with E-state index in [0.717, 1.165) is 22.8 Å². The maximum absolute atomic E-state index is 13.3. The molecule has 2 aromatic rings. The van der Waals surface area contributed by atoms with E-state index in [-0.39, 0.29) is 6.04 Å². The molecule has 1 fully saturated rings. The Labute approximate surface area is 169 Å². The van der Waals surface area contributed by atoms with Crippen molar-refractivity contribution < 1.29 is 26.7 Å². The van der Waals surface area contributed by atoms with Crippen LogP contribution in [0, 0.1) is 11.6 Å². The number of nitrogens with one attached hydrogen (secondary N) is 1. The molecule has 162 valence electrons. The zero-order valence-corrected chi connectivity index (χ0v) is 15.9. The van der Waals surface area contributed by atoms with Crippen molar-refractivity contribution in [1.82, 2.24) is 14.8 Å². The molecule has 0 saturated carbocycles. The smallest absolute Gasteiger partial charge is 0.352 e. The molecule has 0 unspecified atom stereocenters. The van der Waals surface area contributed by atoms with Crippen molar-refractivity contribution in [3.8, 4) is 0 Å². The number of carbonyl (C=O) groups excluding carboxylic acids is 1. The lowest BCUT2D eigenvalue weighted by Gasteiger charge is -2.32. The molecular weight excluding hydrogens is 409 g/mol. The quantitative estimate of drug-likeness (QED) is 0.744. The Kier molecular flexibility index (Phi) is 6.55. The molecule has 3 rings (SSSR count). The normalized spacial score (nSPS) is 15.9. The second-order valence-electron chi connectivity index (χ2n) is 7.25. The molecule has 10 heteroatoms. The van der Waals surface area contributed by atoms with Crippen LogP contribution in [0.15, 0.2) is 41.3 Å². The van der Waals surface area contributed by atoms with Crippen molar-refractivity contribution >= 4 is 5.91 Å². The van der Waals surface area contributed by atoms with Gasteiger partial charge in [0.05, 0.1) is 5.56 Å². The predicted octanol–water partition coefficient (Wildman–Crippen LogP) is 2.93. The van der Waals surface area contributed by atoms with Crippen molar-refractivity contribution in [3.63, 3.8) is 0 Å². The van der Waals surface area contributed by atoms with Gasteiger partial charge in [-0.1, -0.05) is 6.07 Å². The summed E-state index contributed by atoms with van der Waals surface area (Å²) in [5, 5.41) is 2.74. The third-order valence-electron chi connectivity index (χ3n) is 4.97. The third kappa shape index (κ3) is 5.65. The highest BCUT2D eigenvalue weighted by atomic mass is 19.4. The fourth-order valence-electron chi connectivity index (χ4n) is 3.38. The average molecular weight is 429 g/mol.